The first-order chi connectivity index (χ1) is 5.72. The predicted molar refractivity (Wildman–Crippen MR) is 53.9 cm³/mol. The SMILES string of the molecule is O=C(CS)Nc1cccc(Cl)c1. The maximum absolute atomic E-state index is 10.9. The highest BCUT2D eigenvalue weighted by atomic mass is 35.5. The van der Waals surface area contributed by atoms with Gasteiger partial charge in [-0.1, -0.05) is 17.7 Å². The van der Waals surface area contributed by atoms with Crippen molar-refractivity contribution in [1.29, 1.82) is 0 Å². The molecule has 0 unspecified atom stereocenters. The van der Waals surface area contributed by atoms with Gasteiger partial charge < -0.3 is 5.32 Å². The summed E-state index contributed by atoms with van der Waals surface area (Å²) in [5, 5.41) is 3.24. The molecule has 0 saturated carbocycles. The van der Waals surface area contributed by atoms with Crippen molar-refractivity contribution in [2.75, 3.05) is 11.1 Å². The zero-order valence-electron chi connectivity index (χ0n) is 6.25. The first-order valence-corrected chi connectivity index (χ1v) is 4.39. The fraction of sp³-hybridized carbons (Fsp3) is 0.125. The fourth-order valence-corrected chi connectivity index (χ4v) is 1.04. The largest absolute Gasteiger partial charge is 0.325 e. The monoisotopic (exact) mass is 201 g/mol. The zero-order chi connectivity index (χ0) is 8.97. The minimum absolute atomic E-state index is 0.138. The van der Waals surface area contributed by atoms with Crippen molar-refractivity contribution >= 4 is 35.8 Å². The van der Waals surface area contributed by atoms with E-state index in [2.05, 4.69) is 17.9 Å². The quantitative estimate of drug-likeness (QED) is 0.706. The van der Waals surface area contributed by atoms with Crippen LogP contribution < -0.4 is 5.32 Å². The van der Waals surface area contributed by atoms with E-state index in [1.165, 1.54) is 0 Å². The molecule has 4 heteroatoms. The molecule has 0 spiro atoms. The van der Waals surface area contributed by atoms with Crippen molar-refractivity contribution in [3.63, 3.8) is 0 Å². The molecule has 0 heterocycles. The Labute approximate surface area is 81.3 Å². The van der Waals surface area contributed by atoms with E-state index in [9.17, 15) is 4.79 Å². The van der Waals surface area contributed by atoms with Crippen LogP contribution in [0.4, 0.5) is 5.69 Å². The molecule has 1 amide bonds. The van der Waals surface area contributed by atoms with Crippen LogP contribution in [0.15, 0.2) is 24.3 Å². The number of benzene rings is 1. The molecule has 0 radical (unpaired) electrons. The van der Waals surface area contributed by atoms with Gasteiger partial charge in [0.2, 0.25) is 5.91 Å². The van der Waals surface area contributed by atoms with Crippen molar-refractivity contribution in [1.82, 2.24) is 0 Å². The summed E-state index contributed by atoms with van der Waals surface area (Å²) in [7, 11) is 0. The number of rotatable bonds is 2. The average Bonchev–Trinajstić information content (AvgIpc) is 2.04. The standard InChI is InChI=1S/C8H8ClNOS/c9-6-2-1-3-7(4-6)10-8(11)5-12/h1-4,12H,5H2,(H,10,11). The Morgan fingerprint density at radius 2 is 2.33 bits per heavy atom. The van der Waals surface area contributed by atoms with E-state index in [4.69, 9.17) is 11.6 Å². The van der Waals surface area contributed by atoms with E-state index in [0.717, 1.165) is 0 Å². The second-order valence-electron chi connectivity index (χ2n) is 2.22. The topological polar surface area (TPSA) is 29.1 Å². The summed E-state index contributed by atoms with van der Waals surface area (Å²) < 4.78 is 0. The van der Waals surface area contributed by atoms with E-state index < -0.39 is 0 Å². The van der Waals surface area contributed by atoms with Crippen LogP contribution in [0.5, 0.6) is 0 Å². The van der Waals surface area contributed by atoms with E-state index in [0.29, 0.717) is 10.7 Å². The second kappa shape index (κ2) is 4.38. The van der Waals surface area contributed by atoms with Crippen molar-refractivity contribution in [2.45, 2.75) is 0 Å². The molecule has 0 aliphatic carbocycles. The summed E-state index contributed by atoms with van der Waals surface area (Å²) in [6, 6.07) is 6.98. The molecule has 0 fully saturated rings. The van der Waals surface area contributed by atoms with Crippen LogP contribution in [0, 0.1) is 0 Å². The van der Waals surface area contributed by atoms with Crippen molar-refractivity contribution in [2.24, 2.45) is 0 Å². The Morgan fingerprint density at radius 1 is 1.58 bits per heavy atom. The molecule has 1 N–H and O–H groups in total. The molecule has 0 bridgehead atoms. The van der Waals surface area contributed by atoms with Gasteiger partial charge in [-0.3, -0.25) is 4.79 Å². The molecule has 0 atom stereocenters. The van der Waals surface area contributed by atoms with Crippen LogP contribution in [0.1, 0.15) is 0 Å². The number of carbonyl (C=O) groups excluding carboxylic acids is 1. The third-order valence-corrected chi connectivity index (χ3v) is 1.77. The summed E-state index contributed by atoms with van der Waals surface area (Å²) in [6.07, 6.45) is 0. The lowest BCUT2D eigenvalue weighted by atomic mass is 10.3. The Balaban J connectivity index is 2.69. The van der Waals surface area contributed by atoms with Gasteiger partial charge in [0.05, 0.1) is 5.75 Å². The smallest absolute Gasteiger partial charge is 0.234 e. The number of anilines is 1. The molecule has 2 nitrogen and oxygen atoms in total. The van der Waals surface area contributed by atoms with Crippen molar-refractivity contribution in [3.8, 4) is 0 Å². The molecule has 0 aromatic heterocycles. The number of halogens is 1. The van der Waals surface area contributed by atoms with E-state index >= 15 is 0 Å². The number of hydrogen-bond acceptors (Lipinski definition) is 2. The van der Waals surface area contributed by atoms with Crippen LogP contribution in [0.2, 0.25) is 5.02 Å². The van der Waals surface area contributed by atoms with E-state index in [1.54, 1.807) is 24.3 Å². The molecule has 1 rings (SSSR count). The fourth-order valence-electron chi connectivity index (χ4n) is 0.767. The Morgan fingerprint density at radius 3 is 2.92 bits per heavy atom. The van der Waals surface area contributed by atoms with Gasteiger partial charge in [-0.15, -0.1) is 0 Å². The molecule has 0 aliphatic heterocycles. The second-order valence-corrected chi connectivity index (χ2v) is 2.97. The molecular weight excluding hydrogens is 194 g/mol. The van der Waals surface area contributed by atoms with Gasteiger partial charge in [-0.2, -0.15) is 12.6 Å². The van der Waals surface area contributed by atoms with Gasteiger partial charge in [0.15, 0.2) is 0 Å². The first kappa shape index (κ1) is 9.42. The summed E-state index contributed by atoms with van der Waals surface area (Å²) in [5.41, 5.74) is 0.696. The Kier molecular flexibility index (Phi) is 3.44. The molecule has 1 aromatic carbocycles. The molecule has 0 saturated heterocycles. The average molecular weight is 202 g/mol. The van der Waals surface area contributed by atoms with Crippen LogP contribution in [0.3, 0.4) is 0 Å². The van der Waals surface area contributed by atoms with Gasteiger partial charge in [-0.05, 0) is 18.2 Å². The van der Waals surface area contributed by atoms with Gasteiger partial charge in [0, 0.05) is 10.7 Å². The summed E-state index contributed by atoms with van der Waals surface area (Å²) in [5.74, 6) is 0.0348. The highest BCUT2D eigenvalue weighted by molar-refractivity contribution is 7.81. The lowest BCUT2D eigenvalue weighted by molar-refractivity contribution is -0.113. The summed E-state index contributed by atoms with van der Waals surface area (Å²) in [4.78, 5) is 10.9. The minimum atomic E-state index is -0.138. The Hall–Kier alpha value is -0.670. The summed E-state index contributed by atoms with van der Waals surface area (Å²) in [6.45, 7) is 0. The third kappa shape index (κ3) is 2.75. The lowest BCUT2D eigenvalue weighted by Crippen LogP contribution is -2.12. The number of amides is 1. The molecular formula is C8H8ClNOS. The van der Waals surface area contributed by atoms with Crippen LogP contribution in [0.25, 0.3) is 0 Å². The minimum Gasteiger partial charge on any atom is -0.325 e. The van der Waals surface area contributed by atoms with Crippen LogP contribution in [-0.4, -0.2) is 11.7 Å². The predicted octanol–water partition coefficient (Wildman–Crippen LogP) is 2.21. The first-order valence-electron chi connectivity index (χ1n) is 3.38. The van der Waals surface area contributed by atoms with Gasteiger partial charge in [-0.25, -0.2) is 0 Å². The molecule has 1 aromatic rings. The van der Waals surface area contributed by atoms with Gasteiger partial charge in [0.1, 0.15) is 0 Å². The van der Waals surface area contributed by atoms with Crippen LogP contribution in [-0.2, 0) is 4.79 Å². The zero-order valence-corrected chi connectivity index (χ0v) is 7.90. The molecule has 0 aliphatic rings. The maximum atomic E-state index is 10.9. The van der Waals surface area contributed by atoms with Crippen molar-refractivity contribution in [3.05, 3.63) is 29.3 Å². The lowest BCUT2D eigenvalue weighted by Gasteiger charge is -2.02. The third-order valence-electron chi connectivity index (χ3n) is 1.25. The van der Waals surface area contributed by atoms with Crippen molar-refractivity contribution < 1.29 is 4.79 Å². The van der Waals surface area contributed by atoms with Crippen LogP contribution >= 0.6 is 24.2 Å². The highest BCUT2D eigenvalue weighted by Crippen LogP contribution is 2.14. The highest BCUT2D eigenvalue weighted by Gasteiger charge is 1.98. The maximum Gasteiger partial charge on any atom is 0.234 e. The van der Waals surface area contributed by atoms with E-state index in [1.807, 2.05) is 0 Å². The summed E-state index contributed by atoms with van der Waals surface area (Å²) >= 11 is 9.53. The number of nitrogens with one attached hydrogen (secondary N) is 1. The number of hydrogen-bond donors (Lipinski definition) is 2. The molecule has 64 valence electrons. The Bertz CT molecular complexity index is 290. The van der Waals surface area contributed by atoms with Gasteiger partial charge in [0.25, 0.3) is 0 Å². The normalized spacial score (nSPS) is 9.50. The van der Waals surface area contributed by atoms with E-state index in [-0.39, 0.29) is 11.7 Å². The number of thiol groups is 1. The number of carbonyl (C=O) groups is 1. The molecule has 12 heavy (non-hydrogen) atoms. The van der Waals surface area contributed by atoms with Gasteiger partial charge >= 0.3 is 0 Å².